The molecule has 0 radical (unpaired) electrons. The van der Waals surface area contributed by atoms with E-state index >= 15 is 0 Å². The Bertz CT molecular complexity index is 610. The molecule has 7 heteroatoms. The zero-order valence-electron chi connectivity index (χ0n) is 12.3. The number of aromatic nitrogens is 2. The number of carbonyl (C=O) groups is 1. The molecule has 2 aromatic heterocycles. The molecule has 0 fully saturated rings. The van der Waals surface area contributed by atoms with Crippen molar-refractivity contribution in [3.8, 4) is 0 Å². The van der Waals surface area contributed by atoms with Crippen molar-refractivity contribution in [2.75, 3.05) is 12.8 Å². The minimum atomic E-state index is 0.131. The summed E-state index contributed by atoms with van der Waals surface area (Å²) in [6.45, 7) is 2.61. The fourth-order valence-electron chi connectivity index (χ4n) is 1.91. The first kappa shape index (κ1) is 16.4. The van der Waals surface area contributed by atoms with Crippen molar-refractivity contribution < 1.29 is 4.79 Å². The van der Waals surface area contributed by atoms with Crippen LogP contribution in [0, 0.1) is 6.92 Å². The lowest BCUT2D eigenvalue weighted by Crippen LogP contribution is -2.27. The molecule has 0 bridgehead atoms. The molecule has 2 heterocycles. The summed E-state index contributed by atoms with van der Waals surface area (Å²) in [6.07, 6.45) is 0. The monoisotopic (exact) mass is 343 g/mol. The molecular weight excluding hydrogens is 326 g/mol. The fourth-order valence-corrected chi connectivity index (χ4v) is 4.04. The number of hydrogen-bond acceptors (Lipinski definition) is 4. The molecule has 0 aliphatic rings. The lowest BCUT2D eigenvalue weighted by Gasteiger charge is -2.15. The number of aryl methyl sites for hydroxylation is 2. The first-order chi connectivity index (χ1) is 9.99. The summed E-state index contributed by atoms with van der Waals surface area (Å²) in [6, 6.07) is 4.04. The Labute approximate surface area is 138 Å². The predicted octanol–water partition coefficient (Wildman–Crippen LogP) is 3.34. The Balaban J connectivity index is 1.81. The minimum absolute atomic E-state index is 0.131. The van der Waals surface area contributed by atoms with Gasteiger partial charge in [0.25, 0.3) is 0 Å². The first-order valence-electron chi connectivity index (χ1n) is 6.51. The average molecular weight is 344 g/mol. The summed E-state index contributed by atoms with van der Waals surface area (Å²) in [7, 11) is 3.66. The van der Waals surface area contributed by atoms with E-state index in [0.29, 0.717) is 23.2 Å². The number of hydrogen-bond donors (Lipinski definition) is 0. The van der Waals surface area contributed by atoms with Crippen molar-refractivity contribution in [2.45, 2.75) is 19.2 Å². The van der Waals surface area contributed by atoms with Gasteiger partial charge in [0.1, 0.15) is 5.15 Å². The van der Waals surface area contributed by atoms with Gasteiger partial charge in [-0.2, -0.15) is 5.10 Å². The molecule has 0 saturated carbocycles. The lowest BCUT2D eigenvalue weighted by molar-refractivity contribution is -0.127. The van der Waals surface area contributed by atoms with Crippen LogP contribution < -0.4 is 0 Å². The highest BCUT2D eigenvalue weighted by atomic mass is 35.5. The molecule has 0 spiro atoms. The van der Waals surface area contributed by atoms with Gasteiger partial charge in [-0.25, -0.2) is 0 Å². The van der Waals surface area contributed by atoms with Crippen LogP contribution in [-0.2, 0) is 24.1 Å². The standard InChI is InChI=1S/C14H18ClN3OS2/c1-10-12(14(15)18(3)16-10)8-20-9-13(19)17(2)7-11-5-4-6-21-11/h4-6H,7-9H2,1-3H3. The van der Waals surface area contributed by atoms with Crippen LogP contribution in [0.1, 0.15) is 16.1 Å². The zero-order valence-corrected chi connectivity index (χ0v) is 14.7. The molecule has 0 unspecified atom stereocenters. The van der Waals surface area contributed by atoms with E-state index in [4.69, 9.17) is 11.6 Å². The van der Waals surface area contributed by atoms with E-state index in [9.17, 15) is 4.79 Å². The van der Waals surface area contributed by atoms with Gasteiger partial charge in [-0.05, 0) is 18.4 Å². The van der Waals surface area contributed by atoms with Crippen LogP contribution in [0.2, 0.25) is 5.15 Å². The molecule has 114 valence electrons. The van der Waals surface area contributed by atoms with Gasteiger partial charge in [-0.15, -0.1) is 23.1 Å². The second-order valence-corrected chi connectivity index (χ2v) is 7.18. The van der Waals surface area contributed by atoms with Crippen LogP contribution in [0.3, 0.4) is 0 Å². The third-order valence-electron chi connectivity index (χ3n) is 3.14. The van der Waals surface area contributed by atoms with Crippen molar-refractivity contribution in [2.24, 2.45) is 7.05 Å². The average Bonchev–Trinajstić information content (AvgIpc) is 3.02. The van der Waals surface area contributed by atoms with Crippen molar-refractivity contribution in [3.63, 3.8) is 0 Å². The number of halogens is 1. The molecule has 0 aliphatic carbocycles. The Morgan fingerprint density at radius 2 is 2.33 bits per heavy atom. The van der Waals surface area contributed by atoms with Gasteiger partial charge in [-0.3, -0.25) is 9.48 Å². The fraction of sp³-hybridized carbons (Fsp3) is 0.429. The maximum absolute atomic E-state index is 12.1. The van der Waals surface area contributed by atoms with Crippen LogP contribution in [0.25, 0.3) is 0 Å². The van der Waals surface area contributed by atoms with Crippen LogP contribution in [-0.4, -0.2) is 33.4 Å². The van der Waals surface area contributed by atoms with E-state index in [1.807, 2.05) is 38.5 Å². The van der Waals surface area contributed by atoms with Gasteiger partial charge in [0.05, 0.1) is 18.0 Å². The predicted molar refractivity (Wildman–Crippen MR) is 89.9 cm³/mol. The van der Waals surface area contributed by atoms with Crippen molar-refractivity contribution in [3.05, 3.63) is 38.8 Å². The number of thioether (sulfide) groups is 1. The quantitative estimate of drug-likeness (QED) is 0.807. The summed E-state index contributed by atoms with van der Waals surface area (Å²) in [5.41, 5.74) is 1.94. The third-order valence-corrected chi connectivity index (χ3v) is 5.42. The van der Waals surface area contributed by atoms with Gasteiger partial charge in [0.2, 0.25) is 5.91 Å². The third kappa shape index (κ3) is 4.25. The highest BCUT2D eigenvalue weighted by Crippen LogP contribution is 2.24. The van der Waals surface area contributed by atoms with Crippen LogP contribution in [0.5, 0.6) is 0 Å². The second kappa shape index (κ2) is 7.33. The van der Waals surface area contributed by atoms with E-state index in [0.717, 1.165) is 11.3 Å². The largest absolute Gasteiger partial charge is 0.340 e. The van der Waals surface area contributed by atoms with Crippen LogP contribution in [0.15, 0.2) is 17.5 Å². The smallest absolute Gasteiger partial charge is 0.232 e. The number of rotatable bonds is 6. The topological polar surface area (TPSA) is 38.1 Å². The highest BCUT2D eigenvalue weighted by molar-refractivity contribution is 7.99. The highest BCUT2D eigenvalue weighted by Gasteiger charge is 2.14. The molecule has 2 rings (SSSR count). The molecule has 0 atom stereocenters. The molecular formula is C14H18ClN3OS2. The lowest BCUT2D eigenvalue weighted by atomic mass is 10.3. The zero-order chi connectivity index (χ0) is 15.4. The Morgan fingerprint density at radius 3 is 2.90 bits per heavy atom. The molecule has 0 aromatic carbocycles. The summed E-state index contributed by atoms with van der Waals surface area (Å²) < 4.78 is 1.66. The maximum Gasteiger partial charge on any atom is 0.232 e. The number of amides is 1. The van der Waals surface area contributed by atoms with Crippen LogP contribution >= 0.6 is 34.7 Å². The van der Waals surface area contributed by atoms with Crippen LogP contribution in [0.4, 0.5) is 0 Å². The van der Waals surface area contributed by atoms with Crippen molar-refractivity contribution >= 4 is 40.6 Å². The van der Waals surface area contributed by atoms with Gasteiger partial charge in [-0.1, -0.05) is 17.7 Å². The van der Waals surface area contributed by atoms with Gasteiger partial charge in [0.15, 0.2) is 0 Å². The Kier molecular flexibility index (Phi) is 5.72. The number of thiophene rings is 1. The normalized spacial score (nSPS) is 10.9. The molecule has 1 amide bonds. The molecule has 0 N–H and O–H groups in total. The SMILES string of the molecule is Cc1nn(C)c(Cl)c1CSCC(=O)N(C)Cc1cccs1. The second-order valence-electron chi connectivity index (χ2n) is 4.80. The minimum Gasteiger partial charge on any atom is -0.340 e. The summed E-state index contributed by atoms with van der Waals surface area (Å²) in [5.74, 6) is 1.29. The molecule has 2 aromatic rings. The summed E-state index contributed by atoms with van der Waals surface area (Å²) in [4.78, 5) is 15.0. The number of carbonyl (C=O) groups excluding carboxylic acids is 1. The van der Waals surface area contributed by atoms with Gasteiger partial charge >= 0.3 is 0 Å². The van der Waals surface area contributed by atoms with Gasteiger partial charge in [0, 0.05) is 30.3 Å². The summed E-state index contributed by atoms with van der Waals surface area (Å²) >= 11 is 9.42. The van der Waals surface area contributed by atoms with Gasteiger partial charge < -0.3 is 4.90 Å². The molecule has 21 heavy (non-hydrogen) atoms. The Hall–Kier alpha value is -0.980. The summed E-state index contributed by atoms with van der Waals surface area (Å²) in [5, 5.41) is 6.95. The van der Waals surface area contributed by atoms with E-state index < -0.39 is 0 Å². The number of nitrogens with zero attached hydrogens (tertiary/aromatic N) is 3. The van der Waals surface area contributed by atoms with E-state index in [-0.39, 0.29) is 5.91 Å². The van der Waals surface area contributed by atoms with Crippen molar-refractivity contribution in [1.29, 1.82) is 0 Å². The van der Waals surface area contributed by atoms with E-state index in [2.05, 4.69) is 5.10 Å². The Morgan fingerprint density at radius 1 is 1.57 bits per heavy atom. The molecule has 4 nitrogen and oxygen atoms in total. The van der Waals surface area contributed by atoms with E-state index in [1.165, 1.54) is 4.88 Å². The first-order valence-corrected chi connectivity index (χ1v) is 8.92. The maximum atomic E-state index is 12.1. The molecule has 0 aliphatic heterocycles. The van der Waals surface area contributed by atoms with Crippen molar-refractivity contribution in [1.82, 2.24) is 14.7 Å². The molecule has 0 saturated heterocycles. The van der Waals surface area contributed by atoms with E-state index in [1.54, 1.807) is 32.7 Å².